The second-order valence-corrected chi connectivity index (χ2v) is 7.51. The number of likely N-dealkylation sites (N-methyl/N-ethyl adjacent to an activating group) is 1. The Morgan fingerprint density at radius 1 is 1.10 bits per heavy atom. The van der Waals surface area contributed by atoms with Gasteiger partial charge < -0.3 is 14.8 Å². The van der Waals surface area contributed by atoms with Crippen LogP contribution in [-0.4, -0.2) is 67.3 Å². The molecule has 0 aliphatic carbocycles. The number of nitrogens with zero attached hydrogens (tertiary/aromatic N) is 6. The first kappa shape index (κ1) is 18.6. The molecule has 0 spiro atoms. The number of hydrogen-bond acceptors (Lipinski definition) is 6. The van der Waals surface area contributed by atoms with E-state index < -0.39 is 0 Å². The largest absolute Gasteiger partial charge is 0.338 e. The number of fused-ring (bicyclic) bond motifs is 1. The van der Waals surface area contributed by atoms with E-state index in [2.05, 4.69) is 36.8 Å². The fourth-order valence-corrected chi connectivity index (χ4v) is 3.87. The number of hydrogen-bond donors (Lipinski definition) is 2. The lowest BCUT2D eigenvalue weighted by molar-refractivity contribution is 0.270. The standard InChI is InChI=1S/C21H24N8O/c1-3-27-8-10-28(11-9-27)20-22-13-15(14(2)23-20)18-12-19(30)29(26-18)21-24-16-6-4-5-7-17(16)25-21/h4-7,12-13,26H,3,8-11H2,1-2H3,(H,24,25). The third-order valence-corrected chi connectivity index (χ3v) is 5.67. The molecule has 3 aromatic heterocycles. The molecule has 5 rings (SSSR count). The molecule has 0 radical (unpaired) electrons. The number of para-hydroxylation sites is 2. The van der Waals surface area contributed by atoms with Crippen LogP contribution in [0.5, 0.6) is 0 Å². The number of nitrogens with one attached hydrogen (secondary N) is 2. The molecule has 1 saturated heterocycles. The minimum Gasteiger partial charge on any atom is -0.338 e. The summed E-state index contributed by atoms with van der Waals surface area (Å²) in [4.78, 5) is 34.2. The Balaban J connectivity index is 1.43. The van der Waals surface area contributed by atoms with Crippen LogP contribution >= 0.6 is 0 Å². The monoisotopic (exact) mass is 404 g/mol. The molecule has 0 bridgehead atoms. The van der Waals surface area contributed by atoms with Gasteiger partial charge in [0.2, 0.25) is 11.9 Å². The van der Waals surface area contributed by atoms with Gasteiger partial charge in [-0.05, 0) is 25.6 Å². The van der Waals surface area contributed by atoms with Crippen molar-refractivity contribution in [3.63, 3.8) is 0 Å². The van der Waals surface area contributed by atoms with Crippen molar-refractivity contribution in [3.05, 3.63) is 52.6 Å². The fraction of sp³-hybridized carbons (Fsp3) is 0.333. The zero-order valence-electron chi connectivity index (χ0n) is 17.1. The van der Waals surface area contributed by atoms with E-state index in [4.69, 9.17) is 4.98 Å². The molecule has 1 aliphatic heterocycles. The van der Waals surface area contributed by atoms with E-state index in [0.717, 1.165) is 61.0 Å². The van der Waals surface area contributed by atoms with Gasteiger partial charge in [0, 0.05) is 44.0 Å². The van der Waals surface area contributed by atoms with Crippen molar-refractivity contribution in [1.82, 2.24) is 34.6 Å². The molecule has 1 aliphatic rings. The SMILES string of the molecule is CCN1CCN(c2ncc(-c3cc(=O)n(-c4nc5ccccc5[nH]4)[nH]3)c(C)n2)CC1. The Hall–Kier alpha value is -3.46. The normalized spacial score (nSPS) is 15.2. The fourth-order valence-electron chi connectivity index (χ4n) is 3.87. The smallest absolute Gasteiger partial charge is 0.274 e. The highest BCUT2D eigenvalue weighted by molar-refractivity contribution is 5.76. The lowest BCUT2D eigenvalue weighted by Crippen LogP contribution is -2.46. The van der Waals surface area contributed by atoms with Crippen molar-refractivity contribution in [2.24, 2.45) is 0 Å². The van der Waals surface area contributed by atoms with Gasteiger partial charge in [-0.25, -0.2) is 15.0 Å². The number of piperazine rings is 1. The Labute approximate surface area is 173 Å². The second kappa shape index (κ2) is 7.42. The first-order chi connectivity index (χ1) is 14.6. The average Bonchev–Trinajstić information content (AvgIpc) is 3.37. The highest BCUT2D eigenvalue weighted by atomic mass is 16.1. The summed E-state index contributed by atoms with van der Waals surface area (Å²) in [6.45, 7) is 9.09. The third kappa shape index (κ3) is 3.26. The molecule has 0 saturated carbocycles. The van der Waals surface area contributed by atoms with E-state index in [1.54, 1.807) is 12.3 Å². The van der Waals surface area contributed by atoms with Gasteiger partial charge in [0.05, 0.1) is 22.4 Å². The number of H-pyrrole nitrogens is 2. The number of aromatic amines is 2. The predicted octanol–water partition coefficient (Wildman–Crippen LogP) is 1.95. The van der Waals surface area contributed by atoms with Crippen LogP contribution in [0.2, 0.25) is 0 Å². The van der Waals surface area contributed by atoms with Gasteiger partial charge in [-0.15, -0.1) is 0 Å². The molecule has 0 amide bonds. The van der Waals surface area contributed by atoms with E-state index in [0.29, 0.717) is 11.6 Å². The zero-order valence-corrected chi connectivity index (χ0v) is 17.1. The van der Waals surface area contributed by atoms with Crippen LogP contribution in [0.25, 0.3) is 28.2 Å². The van der Waals surface area contributed by atoms with Crippen LogP contribution < -0.4 is 10.5 Å². The zero-order chi connectivity index (χ0) is 20.7. The minimum atomic E-state index is -0.191. The topological polar surface area (TPSA) is 98.7 Å². The highest BCUT2D eigenvalue weighted by Gasteiger charge is 2.19. The molecule has 9 nitrogen and oxygen atoms in total. The van der Waals surface area contributed by atoms with E-state index in [1.807, 2.05) is 31.2 Å². The second-order valence-electron chi connectivity index (χ2n) is 7.51. The average molecular weight is 404 g/mol. The summed E-state index contributed by atoms with van der Waals surface area (Å²) in [6, 6.07) is 9.23. The summed E-state index contributed by atoms with van der Waals surface area (Å²) >= 11 is 0. The van der Waals surface area contributed by atoms with Gasteiger partial charge in [-0.2, -0.15) is 4.68 Å². The Kier molecular flexibility index (Phi) is 4.59. The Bertz CT molecular complexity index is 1210. The van der Waals surface area contributed by atoms with Crippen LogP contribution in [0, 0.1) is 6.92 Å². The van der Waals surface area contributed by atoms with Gasteiger partial charge in [0.15, 0.2) is 0 Å². The van der Waals surface area contributed by atoms with Gasteiger partial charge in [0.25, 0.3) is 5.56 Å². The number of benzene rings is 1. The maximum Gasteiger partial charge on any atom is 0.274 e. The summed E-state index contributed by atoms with van der Waals surface area (Å²) < 4.78 is 1.41. The molecule has 9 heteroatoms. The van der Waals surface area contributed by atoms with Crippen LogP contribution in [0.3, 0.4) is 0 Å². The highest BCUT2D eigenvalue weighted by Crippen LogP contribution is 2.22. The Morgan fingerprint density at radius 2 is 1.90 bits per heavy atom. The van der Waals surface area contributed by atoms with E-state index >= 15 is 0 Å². The molecular formula is C21H24N8O. The summed E-state index contributed by atoms with van der Waals surface area (Å²) in [7, 11) is 0. The van der Waals surface area contributed by atoms with Crippen LogP contribution in [0.1, 0.15) is 12.6 Å². The molecule has 0 unspecified atom stereocenters. The molecule has 2 N–H and O–H groups in total. The molecule has 1 fully saturated rings. The van der Waals surface area contributed by atoms with E-state index in [9.17, 15) is 4.79 Å². The summed E-state index contributed by atoms with van der Waals surface area (Å²) in [6.07, 6.45) is 1.79. The van der Waals surface area contributed by atoms with Crippen LogP contribution in [-0.2, 0) is 0 Å². The van der Waals surface area contributed by atoms with Crippen molar-refractivity contribution in [1.29, 1.82) is 0 Å². The van der Waals surface area contributed by atoms with Crippen LogP contribution in [0.4, 0.5) is 5.95 Å². The first-order valence-electron chi connectivity index (χ1n) is 10.2. The van der Waals surface area contributed by atoms with E-state index in [-0.39, 0.29) is 5.56 Å². The maximum absolute atomic E-state index is 12.6. The number of aromatic nitrogens is 6. The quantitative estimate of drug-likeness (QED) is 0.539. The van der Waals surface area contributed by atoms with Crippen molar-refractivity contribution in [2.45, 2.75) is 13.8 Å². The molecule has 0 atom stereocenters. The Morgan fingerprint density at radius 3 is 2.63 bits per heavy atom. The molecular weight excluding hydrogens is 380 g/mol. The molecule has 154 valence electrons. The van der Waals surface area contributed by atoms with Crippen molar-refractivity contribution < 1.29 is 0 Å². The molecule has 1 aromatic carbocycles. The van der Waals surface area contributed by atoms with Gasteiger partial charge >= 0.3 is 0 Å². The van der Waals surface area contributed by atoms with Crippen molar-refractivity contribution in [3.8, 4) is 17.2 Å². The third-order valence-electron chi connectivity index (χ3n) is 5.67. The number of aryl methyl sites for hydroxylation is 1. The number of anilines is 1. The number of imidazole rings is 1. The summed E-state index contributed by atoms with van der Waals surface area (Å²) in [5.74, 6) is 1.20. The van der Waals surface area contributed by atoms with Crippen molar-refractivity contribution >= 4 is 17.0 Å². The lowest BCUT2D eigenvalue weighted by atomic mass is 10.2. The van der Waals surface area contributed by atoms with E-state index in [1.165, 1.54) is 4.68 Å². The minimum absolute atomic E-state index is 0.191. The van der Waals surface area contributed by atoms with Gasteiger partial charge in [-0.3, -0.25) is 9.89 Å². The van der Waals surface area contributed by atoms with Crippen LogP contribution in [0.15, 0.2) is 41.3 Å². The molecule has 4 aromatic rings. The van der Waals surface area contributed by atoms with Crippen molar-refractivity contribution in [2.75, 3.05) is 37.6 Å². The first-order valence-corrected chi connectivity index (χ1v) is 10.2. The maximum atomic E-state index is 12.6. The summed E-state index contributed by atoms with van der Waals surface area (Å²) in [5.41, 5.74) is 3.79. The predicted molar refractivity (Wildman–Crippen MR) is 116 cm³/mol. The molecule has 4 heterocycles. The van der Waals surface area contributed by atoms with Gasteiger partial charge in [-0.1, -0.05) is 19.1 Å². The summed E-state index contributed by atoms with van der Waals surface area (Å²) in [5, 5.41) is 3.14. The lowest BCUT2D eigenvalue weighted by Gasteiger charge is -2.34. The number of rotatable bonds is 4. The molecule has 30 heavy (non-hydrogen) atoms. The van der Waals surface area contributed by atoms with Gasteiger partial charge in [0.1, 0.15) is 0 Å².